The van der Waals surface area contributed by atoms with Gasteiger partial charge in [0, 0.05) is 29.0 Å². The Morgan fingerprint density at radius 2 is 2.21 bits per heavy atom. The monoisotopic (exact) mass is 207 g/mol. The van der Waals surface area contributed by atoms with Crippen molar-refractivity contribution in [3.05, 3.63) is 36.7 Å². The molecular formula is C9H7N2O2S-. The van der Waals surface area contributed by atoms with E-state index in [1.165, 1.54) is 0 Å². The zero-order valence-corrected chi connectivity index (χ0v) is 7.95. The SMILES string of the molecule is O=S([O-])Nc1cccc2ccncc12. The number of anilines is 1. The van der Waals surface area contributed by atoms with Crippen molar-refractivity contribution in [3.63, 3.8) is 0 Å². The molecule has 1 N–H and O–H groups in total. The third kappa shape index (κ3) is 1.73. The lowest BCUT2D eigenvalue weighted by Gasteiger charge is -2.10. The van der Waals surface area contributed by atoms with Gasteiger partial charge >= 0.3 is 0 Å². The molecule has 0 fully saturated rings. The predicted molar refractivity (Wildman–Crippen MR) is 54.3 cm³/mol. The van der Waals surface area contributed by atoms with Gasteiger partial charge in [-0.15, -0.1) is 0 Å². The number of hydrogen-bond acceptors (Lipinski definition) is 3. The molecule has 14 heavy (non-hydrogen) atoms. The summed E-state index contributed by atoms with van der Waals surface area (Å²) in [6.07, 6.45) is 3.30. The molecule has 72 valence electrons. The van der Waals surface area contributed by atoms with Gasteiger partial charge in [-0.2, -0.15) is 0 Å². The summed E-state index contributed by atoms with van der Waals surface area (Å²) in [6, 6.07) is 7.21. The fraction of sp³-hybridized carbons (Fsp3) is 0. The zero-order chi connectivity index (χ0) is 9.97. The van der Waals surface area contributed by atoms with Crippen LogP contribution in [0.3, 0.4) is 0 Å². The smallest absolute Gasteiger partial charge is 0.0546 e. The van der Waals surface area contributed by atoms with Crippen molar-refractivity contribution in [2.24, 2.45) is 0 Å². The summed E-state index contributed by atoms with van der Waals surface area (Å²) >= 11 is -2.30. The highest BCUT2D eigenvalue weighted by molar-refractivity contribution is 7.80. The molecule has 1 heterocycles. The Morgan fingerprint density at radius 1 is 1.36 bits per heavy atom. The Balaban J connectivity index is 2.59. The van der Waals surface area contributed by atoms with Crippen LogP contribution >= 0.6 is 0 Å². The van der Waals surface area contributed by atoms with E-state index < -0.39 is 11.3 Å². The fourth-order valence-electron chi connectivity index (χ4n) is 1.29. The Kier molecular flexibility index (Phi) is 2.43. The zero-order valence-electron chi connectivity index (χ0n) is 7.14. The van der Waals surface area contributed by atoms with Crippen LogP contribution in [0.2, 0.25) is 0 Å². The van der Waals surface area contributed by atoms with Gasteiger partial charge in [0.2, 0.25) is 0 Å². The highest BCUT2D eigenvalue weighted by Crippen LogP contribution is 2.21. The lowest BCUT2D eigenvalue weighted by Crippen LogP contribution is -2.02. The molecule has 1 aromatic heterocycles. The van der Waals surface area contributed by atoms with E-state index in [2.05, 4.69) is 9.71 Å². The van der Waals surface area contributed by atoms with E-state index in [0.717, 1.165) is 10.8 Å². The Morgan fingerprint density at radius 3 is 3.00 bits per heavy atom. The Bertz CT molecular complexity index is 482. The number of nitrogens with zero attached hydrogens (tertiary/aromatic N) is 1. The molecule has 2 aromatic rings. The van der Waals surface area contributed by atoms with Crippen LogP contribution in [-0.4, -0.2) is 13.7 Å². The first-order chi connectivity index (χ1) is 6.77. The van der Waals surface area contributed by atoms with Crippen molar-refractivity contribution in [1.82, 2.24) is 4.98 Å². The number of aromatic nitrogens is 1. The number of nitrogens with one attached hydrogen (secondary N) is 1. The second-order valence-corrected chi connectivity index (χ2v) is 3.41. The lowest BCUT2D eigenvalue weighted by atomic mass is 10.1. The van der Waals surface area contributed by atoms with Gasteiger partial charge in [-0.25, -0.2) is 0 Å². The maximum absolute atomic E-state index is 10.5. The van der Waals surface area contributed by atoms with Crippen LogP contribution in [0.5, 0.6) is 0 Å². The molecule has 2 rings (SSSR count). The van der Waals surface area contributed by atoms with E-state index >= 15 is 0 Å². The molecule has 0 bridgehead atoms. The molecule has 4 nitrogen and oxygen atoms in total. The van der Waals surface area contributed by atoms with Gasteiger partial charge in [0.05, 0.1) is 5.69 Å². The van der Waals surface area contributed by atoms with Gasteiger partial charge in [-0.3, -0.25) is 9.19 Å². The van der Waals surface area contributed by atoms with E-state index in [1.807, 2.05) is 12.1 Å². The average Bonchev–Trinajstić information content (AvgIpc) is 2.18. The maximum Gasteiger partial charge on any atom is 0.0546 e. The first kappa shape index (κ1) is 9.11. The Hall–Kier alpha value is -1.46. The van der Waals surface area contributed by atoms with Crippen LogP contribution < -0.4 is 4.72 Å². The van der Waals surface area contributed by atoms with E-state index in [4.69, 9.17) is 0 Å². The molecule has 1 atom stereocenters. The van der Waals surface area contributed by atoms with Gasteiger partial charge in [0.15, 0.2) is 0 Å². The number of benzene rings is 1. The van der Waals surface area contributed by atoms with Crippen molar-refractivity contribution in [1.29, 1.82) is 0 Å². The standard InChI is InChI=1S/C9H8N2O2S/c12-14(13)11-9-3-1-2-7-4-5-10-6-8(7)9/h1-6,11H,(H,12,13)/p-1. The van der Waals surface area contributed by atoms with Crippen molar-refractivity contribution in [3.8, 4) is 0 Å². The Labute approximate surface area is 83.4 Å². The molecular weight excluding hydrogens is 200 g/mol. The van der Waals surface area contributed by atoms with Crippen molar-refractivity contribution in [2.45, 2.75) is 0 Å². The minimum absolute atomic E-state index is 0.545. The van der Waals surface area contributed by atoms with E-state index in [1.54, 1.807) is 24.5 Å². The molecule has 1 aromatic carbocycles. The van der Waals surface area contributed by atoms with Crippen LogP contribution in [0, 0.1) is 0 Å². The molecule has 0 saturated carbocycles. The number of rotatable bonds is 2. The average molecular weight is 207 g/mol. The molecule has 5 heteroatoms. The number of pyridine rings is 1. The van der Waals surface area contributed by atoms with E-state index in [9.17, 15) is 8.76 Å². The van der Waals surface area contributed by atoms with Crippen molar-refractivity contribution in [2.75, 3.05) is 4.72 Å². The molecule has 0 amide bonds. The summed E-state index contributed by atoms with van der Waals surface area (Å²) in [5.41, 5.74) is 0.545. The van der Waals surface area contributed by atoms with Crippen molar-refractivity contribution >= 4 is 27.7 Å². The van der Waals surface area contributed by atoms with Crippen LogP contribution in [0.1, 0.15) is 0 Å². The number of hydrogen-bond donors (Lipinski definition) is 1. The lowest BCUT2D eigenvalue weighted by molar-refractivity contribution is 0.542. The molecule has 0 aliphatic heterocycles. The first-order valence-electron chi connectivity index (χ1n) is 3.96. The third-order valence-electron chi connectivity index (χ3n) is 1.88. The quantitative estimate of drug-likeness (QED) is 0.758. The third-order valence-corrected chi connectivity index (χ3v) is 2.26. The molecule has 0 radical (unpaired) electrons. The maximum atomic E-state index is 10.5. The van der Waals surface area contributed by atoms with E-state index in [-0.39, 0.29) is 0 Å². The van der Waals surface area contributed by atoms with Crippen LogP contribution in [0.15, 0.2) is 36.7 Å². The second kappa shape index (κ2) is 3.73. The summed E-state index contributed by atoms with van der Waals surface area (Å²) < 4.78 is 23.3. The largest absolute Gasteiger partial charge is 0.755 e. The summed E-state index contributed by atoms with van der Waals surface area (Å²) in [4.78, 5) is 3.94. The highest BCUT2D eigenvalue weighted by Gasteiger charge is 1.98. The summed E-state index contributed by atoms with van der Waals surface area (Å²) in [6.45, 7) is 0. The van der Waals surface area contributed by atoms with E-state index in [0.29, 0.717) is 5.69 Å². The molecule has 0 aliphatic carbocycles. The summed E-state index contributed by atoms with van der Waals surface area (Å²) in [7, 11) is 0. The molecule has 0 saturated heterocycles. The predicted octanol–water partition coefficient (Wildman–Crippen LogP) is 1.44. The highest BCUT2D eigenvalue weighted by atomic mass is 32.2. The minimum atomic E-state index is -2.30. The molecule has 0 spiro atoms. The number of fused-ring (bicyclic) bond motifs is 1. The van der Waals surface area contributed by atoms with Gasteiger partial charge in [-0.05, 0) is 17.5 Å². The van der Waals surface area contributed by atoms with Gasteiger partial charge < -0.3 is 9.27 Å². The van der Waals surface area contributed by atoms with Crippen molar-refractivity contribution < 1.29 is 8.76 Å². The summed E-state index contributed by atoms with van der Waals surface area (Å²) in [5, 5.41) is 1.75. The van der Waals surface area contributed by atoms with Crippen LogP contribution in [-0.2, 0) is 11.3 Å². The topological polar surface area (TPSA) is 65.0 Å². The molecule has 1 unspecified atom stereocenters. The normalized spacial score (nSPS) is 12.6. The minimum Gasteiger partial charge on any atom is -0.755 e. The second-order valence-electron chi connectivity index (χ2n) is 2.74. The van der Waals surface area contributed by atoms with Crippen LogP contribution in [0.25, 0.3) is 10.8 Å². The van der Waals surface area contributed by atoms with Gasteiger partial charge in [0.25, 0.3) is 0 Å². The first-order valence-corrected chi connectivity index (χ1v) is 5.03. The van der Waals surface area contributed by atoms with Crippen LogP contribution in [0.4, 0.5) is 5.69 Å². The van der Waals surface area contributed by atoms with Gasteiger partial charge in [0.1, 0.15) is 0 Å². The van der Waals surface area contributed by atoms with Gasteiger partial charge in [-0.1, -0.05) is 12.1 Å². The fourth-order valence-corrected chi connectivity index (χ4v) is 1.65. The summed E-state index contributed by atoms with van der Waals surface area (Å²) in [5.74, 6) is 0. The molecule has 0 aliphatic rings.